The van der Waals surface area contributed by atoms with Crippen LogP contribution in [0.25, 0.3) is 0 Å². The molecule has 1 fully saturated rings. The van der Waals surface area contributed by atoms with E-state index in [9.17, 15) is 0 Å². The summed E-state index contributed by atoms with van der Waals surface area (Å²) in [6.45, 7) is 6.35. The van der Waals surface area contributed by atoms with Crippen molar-refractivity contribution in [2.45, 2.75) is 40.0 Å². The molecule has 1 aliphatic rings. The fourth-order valence-electron chi connectivity index (χ4n) is 2.45. The van der Waals surface area contributed by atoms with Crippen LogP contribution in [-0.2, 0) is 0 Å². The number of hydrogen-bond acceptors (Lipinski definition) is 0. The molecule has 0 heteroatoms. The van der Waals surface area contributed by atoms with Gasteiger partial charge in [0.25, 0.3) is 0 Å². The van der Waals surface area contributed by atoms with Crippen molar-refractivity contribution in [3.8, 4) is 0 Å². The first-order valence-electron chi connectivity index (χ1n) is 6.18. The summed E-state index contributed by atoms with van der Waals surface area (Å²) in [7, 11) is 0. The van der Waals surface area contributed by atoms with Crippen LogP contribution in [-0.4, -0.2) is 0 Å². The Balaban J connectivity index is 2.38. The van der Waals surface area contributed by atoms with Gasteiger partial charge in [-0.1, -0.05) is 36.5 Å². The van der Waals surface area contributed by atoms with Crippen LogP contribution >= 0.6 is 0 Å². The molecule has 0 N–H and O–H groups in total. The lowest BCUT2D eigenvalue weighted by molar-refractivity contribution is 0.718. The SMILES string of the molecule is C/C=C\CC1C(C/C=C\C)C1C/C=C\C. The predicted octanol–water partition coefficient (Wildman–Crippen LogP) is 4.75. The molecule has 15 heavy (non-hydrogen) atoms. The van der Waals surface area contributed by atoms with Crippen LogP contribution in [0.1, 0.15) is 40.0 Å². The molecule has 0 bridgehead atoms. The lowest BCUT2D eigenvalue weighted by Gasteiger charge is -1.90. The highest BCUT2D eigenvalue weighted by Crippen LogP contribution is 2.53. The fourth-order valence-corrected chi connectivity index (χ4v) is 2.45. The van der Waals surface area contributed by atoms with E-state index in [0.29, 0.717) is 0 Å². The third kappa shape index (κ3) is 3.70. The first-order chi connectivity index (χ1) is 7.35. The summed E-state index contributed by atoms with van der Waals surface area (Å²) >= 11 is 0. The lowest BCUT2D eigenvalue weighted by Crippen LogP contribution is -1.78. The van der Waals surface area contributed by atoms with Crippen LogP contribution in [0.2, 0.25) is 0 Å². The maximum absolute atomic E-state index is 2.32. The van der Waals surface area contributed by atoms with Crippen LogP contribution in [0.3, 0.4) is 0 Å². The molecule has 0 saturated heterocycles. The molecule has 0 atom stereocenters. The smallest absolute Gasteiger partial charge is 0.0311 e. The normalized spacial score (nSPS) is 31.0. The van der Waals surface area contributed by atoms with Crippen molar-refractivity contribution in [1.29, 1.82) is 0 Å². The van der Waals surface area contributed by atoms with E-state index in [1.54, 1.807) is 0 Å². The van der Waals surface area contributed by atoms with Crippen molar-refractivity contribution in [3.05, 3.63) is 36.5 Å². The van der Waals surface area contributed by atoms with Gasteiger partial charge >= 0.3 is 0 Å². The van der Waals surface area contributed by atoms with Crippen molar-refractivity contribution in [2.75, 3.05) is 0 Å². The van der Waals surface area contributed by atoms with Crippen LogP contribution in [0, 0.1) is 17.8 Å². The van der Waals surface area contributed by atoms with Gasteiger partial charge in [-0.15, -0.1) is 0 Å². The molecule has 0 aromatic rings. The van der Waals surface area contributed by atoms with Gasteiger partial charge in [0.15, 0.2) is 0 Å². The Bertz CT molecular complexity index is 196. The molecule has 0 amide bonds. The van der Waals surface area contributed by atoms with E-state index in [0.717, 1.165) is 17.8 Å². The predicted molar refractivity (Wildman–Crippen MR) is 68.8 cm³/mol. The third-order valence-electron chi connectivity index (χ3n) is 3.44. The topological polar surface area (TPSA) is 0 Å². The van der Waals surface area contributed by atoms with E-state index in [2.05, 4.69) is 57.2 Å². The molecule has 0 heterocycles. The summed E-state index contributed by atoms with van der Waals surface area (Å²) in [5, 5.41) is 0. The van der Waals surface area contributed by atoms with Gasteiger partial charge in [-0.3, -0.25) is 0 Å². The average Bonchev–Trinajstić information content (AvgIpc) is 2.93. The maximum Gasteiger partial charge on any atom is -0.0311 e. The zero-order valence-corrected chi connectivity index (χ0v) is 10.3. The van der Waals surface area contributed by atoms with Crippen molar-refractivity contribution in [1.82, 2.24) is 0 Å². The molecule has 1 rings (SSSR count). The Morgan fingerprint density at radius 3 is 1.07 bits per heavy atom. The molecule has 84 valence electrons. The minimum atomic E-state index is 0.939. The van der Waals surface area contributed by atoms with Crippen molar-refractivity contribution in [3.63, 3.8) is 0 Å². The standard InChI is InChI=1S/C15H24/c1-4-7-10-13-14(11-8-5-2)15(13)12-9-6-3/h4-9,13-15H,10-12H2,1-3H3/b7-4-,8-5-,9-6-. The lowest BCUT2D eigenvalue weighted by atomic mass is 10.2. The van der Waals surface area contributed by atoms with Crippen LogP contribution in [0.4, 0.5) is 0 Å². The minimum Gasteiger partial charge on any atom is -0.0917 e. The second-order valence-corrected chi connectivity index (χ2v) is 4.41. The third-order valence-corrected chi connectivity index (χ3v) is 3.44. The molecule has 0 aromatic heterocycles. The molecular formula is C15H24. The Hall–Kier alpha value is -0.780. The highest BCUT2D eigenvalue weighted by Gasteiger charge is 2.46. The summed E-state index contributed by atoms with van der Waals surface area (Å²) in [5.74, 6) is 2.82. The van der Waals surface area contributed by atoms with Crippen molar-refractivity contribution < 1.29 is 0 Å². The van der Waals surface area contributed by atoms with E-state index < -0.39 is 0 Å². The maximum atomic E-state index is 2.32. The molecule has 0 aliphatic heterocycles. The number of rotatable bonds is 6. The highest BCUT2D eigenvalue weighted by atomic mass is 14.5. The van der Waals surface area contributed by atoms with Crippen LogP contribution in [0.5, 0.6) is 0 Å². The highest BCUT2D eigenvalue weighted by molar-refractivity contribution is 5.05. The van der Waals surface area contributed by atoms with Gasteiger partial charge in [-0.25, -0.2) is 0 Å². The van der Waals surface area contributed by atoms with E-state index in [4.69, 9.17) is 0 Å². The second-order valence-electron chi connectivity index (χ2n) is 4.41. The second kappa shape index (κ2) is 6.66. The van der Waals surface area contributed by atoms with Gasteiger partial charge in [0, 0.05) is 0 Å². The molecular weight excluding hydrogens is 180 g/mol. The summed E-state index contributed by atoms with van der Waals surface area (Å²) in [5.41, 5.74) is 0. The van der Waals surface area contributed by atoms with E-state index in [1.165, 1.54) is 19.3 Å². The fraction of sp³-hybridized carbons (Fsp3) is 0.600. The average molecular weight is 204 g/mol. The first-order valence-corrected chi connectivity index (χ1v) is 6.18. The zero-order chi connectivity index (χ0) is 11.1. The van der Waals surface area contributed by atoms with Gasteiger partial charge < -0.3 is 0 Å². The Morgan fingerprint density at radius 2 is 0.867 bits per heavy atom. The number of allylic oxidation sites excluding steroid dienone is 6. The summed E-state index contributed by atoms with van der Waals surface area (Å²) in [6.07, 6.45) is 17.3. The van der Waals surface area contributed by atoms with Gasteiger partial charge in [0.2, 0.25) is 0 Å². The minimum absolute atomic E-state index is 0.939. The Morgan fingerprint density at radius 1 is 0.600 bits per heavy atom. The molecule has 1 saturated carbocycles. The summed E-state index contributed by atoms with van der Waals surface area (Å²) in [4.78, 5) is 0. The summed E-state index contributed by atoms with van der Waals surface area (Å²) < 4.78 is 0. The molecule has 0 unspecified atom stereocenters. The van der Waals surface area contributed by atoms with Gasteiger partial charge in [-0.05, 0) is 57.8 Å². The van der Waals surface area contributed by atoms with E-state index >= 15 is 0 Å². The van der Waals surface area contributed by atoms with Crippen LogP contribution < -0.4 is 0 Å². The Labute approximate surface area is 94.8 Å². The quantitative estimate of drug-likeness (QED) is 0.548. The van der Waals surface area contributed by atoms with Crippen molar-refractivity contribution >= 4 is 0 Å². The summed E-state index contributed by atoms with van der Waals surface area (Å²) in [6, 6.07) is 0. The van der Waals surface area contributed by atoms with Gasteiger partial charge in [-0.2, -0.15) is 0 Å². The van der Waals surface area contributed by atoms with Gasteiger partial charge in [0.05, 0.1) is 0 Å². The van der Waals surface area contributed by atoms with E-state index in [-0.39, 0.29) is 0 Å². The van der Waals surface area contributed by atoms with Crippen molar-refractivity contribution in [2.24, 2.45) is 17.8 Å². The largest absolute Gasteiger partial charge is 0.0917 e. The first kappa shape index (κ1) is 12.3. The Kier molecular flexibility index (Phi) is 5.45. The van der Waals surface area contributed by atoms with Crippen LogP contribution in [0.15, 0.2) is 36.5 Å². The molecule has 0 nitrogen and oxygen atoms in total. The molecule has 0 radical (unpaired) electrons. The van der Waals surface area contributed by atoms with E-state index in [1.807, 2.05) is 0 Å². The molecule has 1 aliphatic carbocycles. The number of hydrogen-bond donors (Lipinski definition) is 0. The molecule has 0 aromatic carbocycles. The van der Waals surface area contributed by atoms with Gasteiger partial charge in [0.1, 0.15) is 0 Å². The molecule has 0 spiro atoms. The zero-order valence-electron chi connectivity index (χ0n) is 10.3. The monoisotopic (exact) mass is 204 g/mol.